The van der Waals surface area contributed by atoms with Crippen LogP contribution in [-0.2, 0) is 11.2 Å². The van der Waals surface area contributed by atoms with Crippen molar-refractivity contribution in [1.29, 1.82) is 0 Å². The van der Waals surface area contributed by atoms with E-state index < -0.39 is 0 Å². The Labute approximate surface area is 107 Å². The van der Waals surface area contributed by atoms with Gasteiger partial charge in [0.1, 0.15) is 5.82 Å². The van der Waals surface area contributed by atoms with E-state index >= 15 is 0 Å². The lowest BCUT2D eigenvalue weighted by molar-refractivity contribution is -0.120. The number of benzene rings is 1. The van der Waals surface area contributed by atoms with Gasteiger partial charge in [0, 0.05) is 12.6 Å². The van der Waals surface area contributed by atoms with Crippen LogP contribution in [0, 0.1) is 12.7 Å². The number of carbonyl (C=O) groups is 1. The summed E-state index contributed by atoms with van der Waals surface area (Å²) in [6, 6.07) is 5.30. The summed E-state index contributed by atoms with van der Waals surface area (Å²) in [5.41, 5.74) is 2.01. The first-order valence-electron chi connectivity index (χ1n) is 6.40. The average Bonchev–Trinajstić information content (AvgIpc) is 3.13. The molecule has 2 N–H and O–H groups in total. The Morgan fingerprint density at radius 2 is 2.22 bits per heavy atom. The minimum absolute atomic E-state index is 0.0293. The first-order valence-corrected chi connectivity index (χ1v) is 6.40. The Kier molecular flexibility index (Phi) is 4.31. The van der Waals surface area contributed by atoms with Crippen LogP contribution < -0.4 is 10.6 Å². The van der Waals surface area contributed by atoms with Gasteiger partial charge in [0.25, 0.3) is 0 Å². The van der Waals surface area contributed by atoms with Gasteiger partial charge >= 0.3 is 0 Å². The lowest BCUT2D eigenvalue weighted by Crippen LogP contribution is -2.35. The molecule has 0 aromatic heterocycles. The molecule has 0 bridgehead atoms. The molecule has 1 saturated carbocycles. The highest BCUT2D eigenvalue weighted by molar-refractivity contribution is 5.78. The van der Waals surface area contributed by atoms with Gasteiger partial charge in [-0.15, -0.1) is 0 Å². The third-order valence-corrected chi connectivity index (χ3v) is 3.15. The second-order valence-corrected chi connectivity index (χ2v) is 4.83. The van der Waals surface area contributed by atoms with E-state index in [1.165, 1.54) is 25.0 Å². The maximum atomic E-state index is 12.9. The van der Waals surface area contributed by atoms with E-state index in [0.717, 1.165) is 17.5 Å². The van der Waals surface area contributed by atoms with Crippen LogP contribution >= 0.6 is 0 Å². The van der Waals surface area contributed by atoms with Crippen LogP contribution in [0.4, 0.5) is 4.39 Å². The Hall–Kier alpha value is -1.42. The fourth-order valence-electron chi connectivity index (χ4n) is 1.86. The lowest BCUT2D eigenvalue weighted by Gasteiger charge is -2.08. The van der Waals surface area contributed by atoms with E-state index in [4.69, 9.17) is 0 Å². The van der Waals surface area contributed by atoms with Crippen molar-refractivity contribution in [1.82, 2.24) is 10.6 Å². The normalized spacial score (nSPS) is 14.6. The summed E-state index contributed by atoms with van der Waals surface area (Å²) in [5.74, 6) is -0.185. The lowest BCUT2D eigenvalue weighted by atomic mass is 10.1. The number of hydrogen-bond acceptors (Lipinski definition) is 2. The quantitative estimate of drug-likeness (QED) is 0.804. The Morgan fingerprint density at radius 3 is 2.89 bits per heavy atom. The summed E-state index contributed by atoms with van der Waals surface area (Å²) >= 11 is 0. The van der Waals surface area contributed by atoms with Gasteiger partial charge in [-0.2, -0.15) is 0 Å². The average molecular weight is 250 g/mol. The molecule has 0 saturated heterocycles. The van der Waals surface area contributed by atoms with Crippen molar-refractivity contribution in [2.24, 2.45) is 0 Å². The number of aryl methyl sites for hydroxylation is 1. The number of nitrogens with one attached hydrogen (secondary N) is 2. The smallest absolute Gasteiger partial charge is 0.233 e. The van der Waals surface area contributed by atoms with Gasteiger partial charge < -0.3 is 10.6 Å². The molecule has 2 rings (SSSR count). The van der Waals surface area contributed by atoms with E-state index in [-0.39, 0.29) is 11.7 Å². The van der Waals surface area contributed by atoms with Gasteiger partial charge in [-0.25, -0.2) is 4.39 Å². The summed E-state index contributed by atoms with van der Waals surface area (Å²) in [5, 5.41) is 6.02. The molecule has 1 aromatic carbocycles. The maximum absolute atomic E-state index is 12.9. The van der Waals surface area contributed by atoms with Gasteiger partial charge in [0.15, 0.2) is 0 Å². The fourth-order valence-corrected chi connectivity index (χ4v) is 1.86. The second-order valence-electron chi connectivity index (χ2n) is 4.83. The molecule has 18 heavy (non-hydrogen) atoms. The molecular weight excluding hydrogens is 231 g/mol. The Morgan fingerprint density at radius 1 is 1.44 bits per heavy atom. The zero-order valence-corrected chi connectivity index (χ0v) is 10.6. The van der Waals surface area contributed by atoms with Crippen molar-refractivity contribution in [3.8, 4) is 0 Å². The number of rotatable bonds is 6. The van der Waals surface area contributed by atoms with E-state index in [1.54, 1.807) is 6.07 Å². The van der Waals surface area contributed by atoms with Crippen molar-refractivity contribution >= 4 is 5.91 Å². The predicted molar refractivity (Wildman–Crippen MR) is 68.9 cm³/mol. The van der Waals surface area contributed by atoms with Crippen LogP contribution in [-0.4, -0.2) is 25.0 Å². The van der Waals surface area contributed by atoms with Crippen LogP contribution in [0.3, 0.4) is 0 Å². The molecule has 1 aromatic rings. The molecule has 0 heterocycles. The molecule has 0 spiro atoms. The summed E-state index contributed by atoms with van der Waals surface area (Å²) in [6.45, 7) is 2.87. The summed E-state index contributed by atoms with van der Waals surface area (Å²) in [7, 11) is 0. The largest absolute Gasteiger partial charge is 0.355 e. The summed E-state index contributed by atoms with van der Waals surface area (Å²) < 4.78 is 12.9. The van der Waals surface area contributed by atoms with Crippen LogP contribution in [0.5, 0.6) is 0 Å². The number of halogens is 1. The van der Waals surface area contributed by atoms with Crippen LogP contribution in [0.2, 0.25) is 0 Å². The van der Waals surface area contributed by atoms with Crippen molar-refractivity contribution in [2.45, 2.75) is 32.2 Å². The van der Waals surface area contributed by atoms with Crippen molar-refractivity contribution in [3.63, 3.8) is 0 Å². The number of hydrogen-bond donors (Lipinski definition) is 2. The van der Waals surface area contributed by atoms with Gasteiger partial charge in [-0.1, -0.05) is 6.07 Å². The zero-order chi connectivity index (χ0) is 13.0. The van der Waals surface area contributed by atoms with E-state index in [1.807, 2.05) is 6.92 Å². The molecule has 1 aliphatic rings. The highest BCUT2D eigenvalue weighted by Gasteiger charge is 2.20. The van der Waals surface area contributed by atoms with Gasteiger partial charge in [0.05, 0.1) is 6.54 Å². The maximum Gasteiger partial charge on any atom is 0.233 e. The molecule has 0 atom stereocenters. The van der Waals surface area contributed by atoms with E-state index in [0.29, 0.717) is 19.1 Å². The van der Waals surface area contributed by atoms with E-state index in [9.17, 15) is 9.18 Å². The standard InChI is InChI=1S/C14H19FN2O/c1-10-8-12(15)3-2-11(10)6-7-16-14(18)9-17-13-4-5-13/h2-3,8,13,17H,4-7,9H2,1H3,(H,16,18). The minimum Gasteiger partial charge on any atom is -0.355 e. The second kappa shape index (κ2) is 5.96. The molecule has 1 fully saturated rings. The van der Waals surface area contributed by atoms with E-state index in [2.05, 4.69) is 10.6 Å². The topological polar surface area (TPSA) is 41.1 Å². The summed E-state index contributed by atoms with van der Waals surface area (Å²) in [6.07, 6.45) is 3.10. The van der Waals surface area contributed by atoms with Crippen molar-refractivity contribution < 1.29 is 9.18 Å². The zero-order valence-electron chi connectivity index (χ0n) is 10.6. The van der Waals surface area contributed by atoms with Gasteiger partial charge in [0.2, 0.25) is 5.91 Å². The molecule has 3 nitrogen and oxygen atoms in total. The predicted octanol–water partition coefficient (Wildman–Crippen LogP) is 1.54. The first-order chi connectivity index (χ1) is 8.65. The van der Waals surface area contributed by atoms with Crippen LogP contribution in [0.1, 0.15) is 24.0 Å². The monoisotopic (exact) mass is 250 g/mol. The molecule has 1 amide bonds. The molecule has 0 radical (unpaired) electrons. The SMILES string of the molecule is Cc1cc(F)ccc1CCNC(=O)CNC1CC1. The highest BCUT2D eigenvalue weighted by Crippen LogP contribution is 2.17. The van der Waals surface area contributed by atoms with Crippen LogP contribution in [0.25, 0.3) is 0 Å². The minimum atomic E-state index is -0.214. The molecule has 0 unspecified atom stereocenters. The molecular formula is C14H19FN2O. The Bertz CT molecular complexity index is 430. The van der Waals surface area contributed by atoms with Gasteiger partial charge in [-0.3, -0.25) is 4.79 Å². The van der Waals surface area contributed by atoms with Crippen LogP contribution in [0.15, 0.2) is 18.2 Å². The van der Waals surface area contributed by atoms with Gasteiger partial charge in [-0.05, 0) is 49.4 Å². The Balaban J connectivity index is 1.68. The fraction of sp³-hybridized carbons (Fsp3) is 0.500. The highest BCUT2D eigenvalue weighted by atomic mass is 19.1. The first kappa shape index (κ1) is 13.0. The third-order valence-electron chi connectivity index (χ3n) is 3.15. The van der Waals surface area contributed by atoms with Crippen molar-refractivity contribution in [3.05, 3.63) is 35.1 Å². The molecule has 1 aliphatic carbocycles. The molecule has 4 heteroatoms. The molecule has 98 valence electrons. The number of carbonyl (C=O) groups excluding carboxylic acids is 1. The molecule has 0 aliphatic heterocycles. The third kappa shape index (κ3) is 4.11. The summed E-state index contributed by atoms with van der Waals surface area (Å²) in [4.78, 5) is 11.5. The number of amides is 1. The van der Waals surface area contributed by atoms with Crippen molar-refractivity contribution in [2.75, 3.05) is 13.1 Å².